The van der Waals surface area contributed by atoms with Gasteiger partial charge in [-0.05, 0) is 31.5 Å². The average Bonchev–Trinajstić information content (AvgIpc) is 2.86. The Hall–Kier alpha value is -2.36. The van der Waals surface area contributed by atoms with E-state index < -0.39 is 0 Å². The van der Waals surface area contributed by atoms with Crippen LogP contribution in [0.25, 0.3) is 16.8 Å². The second kappa shape index (κ2) is 4.72. The van der Waals surface area contributed by atoms with Crippen molar-refractivity contribution in [2.24, 2.45) is 0 Å². The minimum absolute atomic E-state index is 0.188. The van der Waals surface area contributed by atoms with Crippen molar-refractivity contribution in [2.45, 2.75) is 20.0 Å². The lowest BCUT2D eigenvalue weighted by Crippen LogP contribution is -2.05. The summed E-state index contributed by atoms with van der Waals surface area (Å²) in [6.07, 6.45) is 5.76. The average molecular weight is 253 g/mol. The lowest BCUT2D eigenvalue weighted by Gasteiger charge is -2.10. The summed E-state index contributed by atoms with van der Waals surface area (Å²) in [5, 5.41) is 4.19. The van der Waals surface area contributed by atoms with Gasteiger partial charge in [0, 0.05) is 24.0 Å². The summed E-state index contributed by atoms with van der Waals surface area (Å²) in [5.41, 5.74) is 2.98. The lowest BCUT2D eigenvalue weighted by molar-refractivity contribution is 0.242. The standard InChI is InChI=1S/C15H15N3O/c1-11(2)19-14-5-3-12(4-6-14)13-9-16-15-7-8-17-18(15)10-13/h3-11H,1-2H3. The summed E-state index contributed by atoms with van der Waals surface area (Å²) >= 11 is 0. The number of ether oxygens (including phenoxy) is 1. The van der Waals surface area contributed by atoms with Gasteiger partial charge < -0.3 is 4.74 Å². The summed E-state index contributed by atoms with van der Waals surface area (Å²) < 4.78 is 7.40. The third-order valence-corrected chi connectivity index (χ3v) is 2.81. The largest absolute Gasteiger partial charge is 0.491 e. The van der Waals surface area contributed by atoms with Gasteiger partial charge in [-0.15, -0.1) is 0 Å². The molecule has 0 aliphatic carbocycles. The van der Waals surface area contributed by atoms with E-state index in [0.717, 1.165) is 22.5 Å². The molecule has 96 valence electrons. The van der Waals surface area contributed by atoms with Crippen LogP contribution in [-0.2, 0) is 0 Å². The van der Waals surface area contributed by atoms with Crippen molar-refractivity contribution in [1.29, 1.82) is 0 Å². The van der Waals surface area contributed by atoms with Crippen molar-refractivity contribution in [1.82, 2.24) is 14.6 Å². The highest BCUT2D eigenvalue weighted by Crippen LogP contribution is 2.22. The quantitative estimate of drug-likeness (QED) is 0.719. The van der Waals surface area contributed by atoms with Gasteiger partial charge in [-0.3, -0.25) is 0 Å². The third-order valence-electron chi connectivity index (χ3n) is 2.81. The number of hydrogen-bond donors (Lipinski definition) is 0. The molecule has 1 aromatic carbocycles. The minimum atomic E-state index is 0.188. The summed E-state index contributed by atoms with van der Waals surface area (Å²) in [6.45, 7) is 4.03. The van der Waals surface area contributed by atoms with Crippen LogP contribution in [0, 0.1) is 0 Å². The van der Waals surface area contributed by atoms with E-state index in [-0.39, 0.29) is 6.10 Å². The Labute approximate surface area is 111 Å². The Morgan fingerprint density at radius 3 is 2.58 bits per heavy atom. The van der Waals surface area contributed by atoms with Gasteiger partial charge in [0.2, 0.25) is 0 Å². The van der Waals surface area contributed by atoms with E-state index in [4.69, 9.17) is 4.74 Å². The van der Waals surface area contributed by atoms with E-state index in [2.05, 4.69) is 10.1 Å². The second-order valence-electron chi connectivity index (χ2n) is 4.67. The zero-order valence-electron chi connectivity index (χ0n) is 10.9. The maximum atomic E-state index is 5.63. The van der Waals surface area contributed by atoms with Crippen LogP contribution >= 0.6 is 0 Å². The van der Waals surface area contributed by atoms with E-state index in [1.807, 2.05) is 56.6 Å². The van der Waals surface area contributed by atoms with Gasteiger partial charge in [0.15, 0.2) is 5.65 Å². The smallest absolute Gasteiger partial charge is 0.154 e. The van der Waals surface area contributed by atoms with Crippen molar-refractivity contribution in [3.05, 3.63) is 48.9 Å². The molecule has 0 aliphatic rings. The molecule has 3 rings (SSSR count). The highest BCUT2D eigenvalue weighted by atomic mass is 16.5. The van der Waals surface area contributed by atoms with Gasteiger partial charge in [0.05, 0.1) is 12.3 Å². The van der Waals surface area contributed by atoms with Gasteiger partial charge in [0.1, 0.15) is 5.75 Å². The Bertz CT molecular complexity index is 686. The third kappa shape index (κ3) is 2.42. The van der Waals surface area contributed by atoms with Crippen molar-refractivity contribution in [3.8, 4) is 16.9 Å². The van der Waals surface area contributed by atoms with Crippen molar-refractivity contribution in [2.75, 3.05) is 0 Å². The molecule has 0 bridgehead atoms. The van der Waals surface area contributed by atoms with Crippen molar-refractivity contribution >= 4 is 5.65 Å². The summed E-state index contributed by atoms with van der Waals surface area (Å²) in [4.78, 5) is 4.36. The van der Waals surface area contributed by atoms with Crippen molar-refractivity contribution < 1.29 is 4.74 Å². The molecule has 0 amide bonds. The van der Waals surface area contributed by atoms with Crippen molar-refractivity contribution in [3.63, 3.8) is 0 Å². The first kappa shape index (κ1) is 11.7. The molecular weight excluding hydrogens is 238 g/mol. The Balaban J connectivity index is 1.92. The number of nitrogens with zero attached hydrogens (tertiary/aromatic N) is 3. The number of benzene rings is 1. The zero-order valence-corrected chi connectivity index (χ0v) is 10.9. The van der Waals surface area contributed by atoms with Crippen LogP contribution in [0.15, 0.2) is 48.9 Å². The molecule has 3 aromatic rings. The molecule has 0 N–H and O–H groups in total. The molecule has 0 radical (unpaired) electrons. The molecule has 0 saturated carbocycles. The minimum Gasteiger partial charge on any atom is -0.491 e. The highest BCUT2D eigenvalue weighted by molar-refractivity contribution is 5.63. The molecule has 0 atom stereocenters. The van der Waals surface area contributed by atoms with Gasteiger partial charge >= 0.3 is 0 Å². The molecule has 0 aliphatic heterocycles. The molecule has 0 spiro atoms. The lowest BCUT2D eigenvalue weighted by atomic mass is 10.1. The van der Waals surface area contributed by atoms with Crippen LogP contribution in [0.5, 0.6) is 5.75 Å². The Morgan fingerprint density at radius 2 is 1.84 bits per heavy atom. The van der Waals surface area contributed by atoms with Gasteiger partial charge in [-0.1, -0.05) is 12.1 Å². The zero-order chi connectivity index (χ0) is 13.2. The number of hydrogen-bond acceptors (Lipinski definition) is 3. The van der Waals surface area contributed by atoms with Crippen LogP contribution in [0.1, 0.15) is 13.8 Å². The van der Waals surface area contributed by atoms with Crippen LogP contribution in [0.2, 0.25) is 0 Å². The number of aromatic nitrogens is 3. The fraction of sp³-hybridized carbons (Fsp3) is 0.200. The normalized spacial score (nSPS) is 11.1. The molecule has 0 unspecified atom stereocenters. The van der Waals surface area contributed by atoms with E-state index in [9.17, 15) is 0 Å². The van der Waals surface area contributed by atoms with E-state index in [0.29, 0.717) is 0 Å². The van der Waals surface area contributed by atoms with Crippen LogP contribution in [0.3, 0.4) is 0 Å². The number of rotatable bonds is 3. The molecule has 4 heteroatoms. The van der Waals surface area contributed by atoms with E-state index >= 15 is 0 Å². The first-order valence-corrected chi connectivity index (χ1v) is 6.29. The van der Waals surface area contributed by atoms with Crippen LogP contribution in [0.4, 0.5) is 0 Å². The molecule has 0 saturated heterocycles. The maximum Gasteiger partial charge on any atom is 0.154 e. The fourth-order valence-corrected chi connectivity index (χ4v) is 1.96. The summed E-state index contributed by atoms with van der Waals surface area (Å²) in [6, 6.07) is 9.89. The molecule has 4 nitrogen and oxygen atoms in total. The first-order valence-electron chi connectivity index (χ1n) is 6.29. The predicted octanol–water partition coefficient (Wildman–Crippen LogP) is 3.18. The predicted molar refractivity (Wildman–Crippen MR) is 74.2 cm³/mol. The van der Waals surface area contributed by atoms with Gasteiger partial charge in [-0.2, -0.15) is 5.10 Å². The van der Waals surface area contributed by atoms with Gasteiger partial charge in [-0.25, -0.2) is 9.50 Å². The fourth-order valence-electron chi connectivity index (χ4n) is 1.96. The Kier molecular flexibility index (Phi) is 2.91. The van der Waals surface area contributed by atoms with Crippen LogP contribution in [-0.4, -0.2) is 20.7 Å². The monoisotopic (exact) mass is 253 g/mol. The molecule has 0 fully saturated rings. The molecule has 19 heavy (non-hydrogen) atoms. The summed E-state index contributed by atoms with van der Waals surface area (Å²) in [5.74, 6) is 0.881. The Morgan fingerprint density at radius 1 is 1.05 bits per heavy atom. The molecule has 2 heterocycles. The van der Waals surface area contributed by atoms with Gasteiger partial charge in [0.25, 0.3) is 0 Å². The number of fused-ring (bicyclic) bond motifs is 1. The first-order chi connectivity index (χ1) is 9.22. The highest BCUT2D eigenvalue weighted by Gasteiger charge is 2.02. The molecular formula is C15H15N3O. The summed E-state index contributed by atoms with van der Waals surface area (Å²) in [7, 11) is 0. The van der Waals surface area contributed by atoms with E-state index in [1.54, 1.807) is 10.7 Å². The SMILES string of the molecule is CC(C)Oc1ccc(-c2cnc3ccnn3c2)cc1. The topological polar surface area (TPSA) is 39.4 Å². The second-order valence-corrected chi connectivity index (χ2v) is 4.67. The van der Waals surface area contributed by atoms with E-state index in [1.165, 1.54) is 0 Å². The molecule has 2 aromatic heterocycles. The maximum absolute atomic E-state index is 5.63. The van der Waals surface area contributed by atoms with Crippen LogP contribution < -0.4 is 4.74 Å².